The van der Waals surface area contributed by atoms with Crippen molar-refractivity contribution in [2.24, 2.45) is 0 Å². The van der Waals surface area contributed by atoms with Crippen LogP contribution < -0.4 is 4.74 Å². The minimum absolute atomic E-state index is 0.0290. The summed E-state index contributed by atoms with van der Waals surface area (Å²) in [5, 5.41) is 2.03. The average Bonchev–Trinajstić information content (AvgIpc) is 3.41. The second-order valence-corrected chi connectivity index (χ2v) is 7.88. The molecular weight excluding hydrogens is 382 g/mol. The summed E-state index contributed by atoms with van der Waals surface area (Å²) in [5.74, 6) is 1.55. The van der Waals surface area contributed by atoms with Crippen LogP contribution in [-0.2, 0) is 17.9 Å². The molecule has 6 heteroatoms. The van der Waals surface area contributed by atoms with Crippen LogP contribution in [0, 0.1) is 0 Å². The van der Waals surface area contributed by atoms with Gasteiger partial charge in [-0.25, -0.2) is 4.98 Å². The van der Waals surface area contributed by atoms with Gasteiger partial charge in [0.15, 0.2) is 0 Å². The van der Waals surface area contributed by atoms with Crippen LogP contribution >= 0.6 is 11.3 Å². The molecule has 5 nitrogen and oxygen atoms in total. The Morgan fingerprint density at radius 3 is 2.62 bits per heavy atom. The van der Waals surface area contributed by atoms with Crippen molar-refractivity contribution in [1.82, 2.24) is 14.5 Å². The van der Waals surface area contributed by atoms with Crippen molar-refractivity contribution in [3.8, 4) is 5.75 Å². The number of likely N-dealkylation sites (N-methyl/N-ethyl adjacent to an activating group) is 1. The van der Waals surface area contributed by atoms with Crippen molar-refractivity contribution in [2.45, 2.75) is 26.1 Å². The molecule has 2 heterocycles. The van der Waals surface area contributed by atoms with E-state index in [9.17, 15) is 4.79 Å². The zero-order valence-corrected chi connectivity index (χ0v) is 17.3. The molecule has 0 radical (unpaired) electrons. The molecule has 4 rings (SSSR count). The van der Waals surface area contributed by atoms with Gasteiger partial charge in [-0.3, -0.25) is 4.79 Å². The number of benzene rings is 2. The first-order valence-electron chi connectivity index (χ1n) is 9.54. The fourth-order valence-corrected chi connectivity index (χ4v) is 4.09. The molecule has 0 bridgehead atoms. The quantitative estimate of drug-likeness (QED) is 0.439. The van der Waals surface area contributed by atoms with Crippen LogP contribution in [-0.4, -0.2) is 27.4 Å². The van der Waals surface area contributed by atoms with E-state index in [0.29, 0.717) is 6.61 Å². The number of carbonyl (C=O) groups excluding carboxylic acids is 1. The summed E-state index contributed by atoms with van der Waals surface area (Å²) in [4.78, 5) is 20.7. The Morgan fingerprint density at radius 2 is 1.86 bits per heavy atom. The van der Waals surface area contributed by atoms with E-state index in [2.05, 4.69) is 13.0 Å². The Bertz CT molecular complexity index is 1090. The highest BCUT2D eigenvalue weighted by Gasteiger charge is 2.21. The van der Waals surface area contributed by atoms with Crippen LogP contribution in [0.2, 0.25) is 0 Å². The van der Waals surface area contributed by atoms with E-state index in [1.54, 1.807) is 16.2 Å². The molecule has 0 aliphatic heterocycles. The first-order chi connectivity index (χ1) is 14.1. The van der Waals surface area contributed by atoms with Crippen molar-refractivity contribution in [1.29, 1.82) is 0 Å². The number of thiophene rings is 1. The lowest BCUT2D eigenvalue weighted by atomic mass is 10.2. The standard InChI is InChI=1S/C23H23N3O2S/c1-17(21-13-8-14-29-21)25(2)23(27)15-26-20-12-7-6-11-19(20)24-22(26)16-28-18-9-4-3-5-10-18/h3-14,17H,15-16H2,1-2H3. The van der Waals surface area contributed by atoms with E-state index in [-0.39, 0.29) is 18.5 Å². The Kier molecular flexibility index (Phi) is 5.62. The van der Waals surface area contributed by atoms with Crippen LogP contribution in [0.4, 0.5) is 0 Å². The zero-order chi connectivity index (χ0) is 20.2. The molecule has 0 N–H and O–H groups in total. The number of nitrogens with zero attached hydrogens (tertiary/aromatic N) is 3. The summed E-state index contributed by atoms with van der Waals surface area (Å²) in [6.07, 6.45) is 0. The summed E-state index contributed by atoms with van der Waals surface area (Å²) < 4.78 is 7.86. The molecule has 1 unspecified atom stereocenters. The SMILES string of the molecule is CC(c1cccs1)N(C)C(=O)Cn1c(COc2ccccc2)nc2ccccc21. The minimum atomic E-state index is 0.0290. The number of fused-ring (bicyclic) bond motifs is 1. The second-order valence-electron chi connectivity index (χ2n) is 6.90. The van der Waals surface area contributed by atoms with Gasteiger partial charge in [0.1, 0.15) is 24.7 Å². The topological polar surface area (TPSA) is 47.4 Å². The maximum Gasteiger partial charge on any atom is 0.242 e. The summed E-state index contributed by atoms with van der Waals surface area (Å²) >= 11 is 1.66. The smallest absolute Gasteiger partial charge is 0.242 e. The molecule has 2 aromatic carbocycles. The monoisotopic (exact) mass is 405 g/mol. The van der Waals surface area contributed by atoms with E-state index in [1.807, 2.05) is 77.7 Å². The maximum absolute atomic E-state index is 13.1. The molecule has 1 amide bonds. The molecule has 0 aliphatic carbocycles. The molecule has 2 aromatic heterocycles. The minimum Gasteiger partial charge on any atom is -0.486 e. The zero-order valence-electron chi connectivity index (χ0n) is 16.5. The van der Waals surface area contributed by atoms with Crippen LogP contribution in [0.5, 0.6) is 5.75 Å². The number of hydrogen-bond donors (Lipinski definition) is 0. The Hall–Kier alpha value is -3.12. The van der Waals surface area contributed by atoms with E-state index >= 15 is 0 Å². The summed E-state index contributed by atoms with van der Waals surface area (Å²) in [6.45, 7) is 2.57. The van der Waals surface area contributed by atoms with Gasteiger partial charge in [0.05, 0.1) is 17.1 Å². The molecule has 0 aliphatic rings. The highest BCUT2D eigenvalue weighted by molar-refractivity contribution is 7.10. The van der Waals surface area contributed by atoms with Crippen LogP contribution in [0.25, 0.3) is 11.0 Å². The van der Waals surface area contributed by atoms with Gasteiger partial charge >= 0.3 is 0 Å². The highest BCUT2D eigenvalue weighted by atomic mass is 32.1. The number of rotatable bonds is 7. The summed E-state index contributed by atoms with van der Waals surface area (Å²) in [6, 6.07) is 21.6. The third-order valence-electron chi connectivity index (χ3n) is 5.07. The van der Waals surface area contributed by atoms with Gasteiger partial charge in [-0.15, -0.1) is 11.3 Å². The Labute approximate surface area is 174 Å². The lowest BCUT2D eigenvalue weighted by Crippen LogP contribution is -2.32. The molecule has 0 saturated heterocycles. The number of ether oxygens (including phenoxy) is 1. The van der Waals surface area contributed by atoms with Gasteiger partial charge in [-0.2, -0.15) is 0 Å². The summed E-state index contributed by atoms with van der Waals surface area (Å²) in [5.41, 5.74) is 1.80. The molecular formula is C23H23N3O2S. The van der Waals surface area contributed by atoms with E-state index in [0.717, 1.165) is 22.6 Å². The third kappa shape index (κ3) is 4.17. The fraction of sp³-hybridized carbons (Fsp3) is 0.217. The van der Waals surface area contributed by atoms with Gasteiger partial charge in [-0.1, -0.05) is 36.4 Å². The van der Waals surface area contributed by atoms with Crippen LogP contribution in [0.3, 0.4) is 0 Å². The normalized spacial score (nSPS) is 12.1. The number of aromatic nitrogens is 2. The predicted molar refractivity (Wildman–Crippen MR) is 116 cm³/mol. The highest BCUT2D eigenvalue weighted by Crippen LogP contribution is 2.24. The van der Waals surface area contributed by atoms with E-state index < -0.39 is 0 Å². The number of para-hydroxylation sites is 3. The first kappa shape index (κ1) is 19.2. The number of hydrogen-bond acceptors (Lipinski definition) is 4. The predicted octanol–water partition coefficient (Wildman–Crippen LogP) is 4.90. The molecule has 0 saturated carbocycles. The number of carbonyl (C=O) groups is 1. The molecule has 0 fully saturated rings. The number of imidazole rings is 1. The molecule has 4 aromatic rings. The van der Waals surface area contributed by atoms with Gasteiger partial charge in [0.2, 0.25) is 5.91 Å². The average molecular weight is 406 g/mol. The van der Waals surface area contributed by atoms with Crippen molar-refractivity contribution in [3.05, 3.63) is 82.8 Å². The van der Waals surface area contributed by atoms with Crippen LogP contribution in [0.15, 0.2) is 72.1 Å². The van der Waals surface area contributed by atoms with E-state index in [4.69, 9.17) is 9.72 Å². The van der Waals surface area contributed by atoms with Crippen molar-refractivity contribution < 1.29 is 9.53 Å². The molecule has 1 atom stereocenters. The lowest BCUT2D eigenvalue weighted by molar-refractivity contribution is -0.132. The van der Waals surface area contributed by atoms with Crippen LogP contribution in [0.1, 0.15) is 23.7 Å². The van der Waals surface area contributed by atoms with Gasteiger partial charge in [0, 0.05) is 11.9 Å². The van der Waals surface area contributed by atoms with E-state index in [1.165, 1.54) is 4.88 Å². The Balaban J connectivity index is 1.57. The molecule has 0 spiro atoms. The first-order valence-corrected chi connectivity index (χ1v) is 10.4. The fourth-order valence-electron chi connectivity index (χ4n) is 3.26. The Morgan fingerprint density at radius 1 is 1.10 bits per heavy atom. The summed E-state index contributed by atoms with van der Waals surface area (Å²) in [7, 11) is 1.85. The largest absolute Gasteiger partial charge is 0.486 e. The molecule has 148 valence electrons. The van der Waals surface area contributed by atoms with Gasteiger partial charge in [-0.05, 0) is 42.6 Å². The van der Waals surface area contributed by atoms with Crippen molar-refractivity contribution >= 4 is 28.3 Å². The van der Waals surface area contributed by atoms with Crippen molar-refractivity contribution in [3.63, 3.8) is 0 Å². The number of amides is 1. The second kappa shape index (κ2) is 8.49. The van der Waals surface area contributed by atoms with Gasteiger partial charge in [0.25, 0.3) is 0 Å². The third-order valence-corrected chi connectivity index (χ3v) is 6.11. The van der Waals surface area contributed by atoms with Crippen molar-refractivity contribution in [2.75, 3.05) is 7.05 Å². The molecule has 29 heavy (non-hydrogen) atoms. The lowest BCUT2D eigenvalue weighted by Gasteiger charge is -2.25. The maximum atomic E-state index is 13.1. The van der Waals surface area contributed by atoms with Gasteiger partial charge < -0.3 is 14.2 Å².